The Morgan fingerprint density at radius 1 is 0.931 bits per heavy atom. The Morgan fingerprint density at radius 3 is 2.48 bits per heavy atom. The molecule has 1 unspecified atom stereocenters. The summed E-state index contributed by atoms with van der Waals surface area (Å²) in [5.41, 5.74) is 9.22. The second kappa shape index (κ2) is 8.27. The molecule has 29 heavy (non-hydrogen) atoms. The second-order valence-corrected chi connectivity index (χ2v) is 7.35. The van der Waals surface area contributed by atoms with Gasteiger partial charge in [-0.2, -0.15) is 0 Å². The van der Waals surface area contributed by atoms with Crippen molar-refractivity contribution in [3.63, 3.8) is 0 Å². The van der Waals surface area contributed by atoms with Crippen LogP contribution in [-0.4, -0.2) is 34.8 Å². The van der Waals surface area contributed by atoms with Crippen molar-refractivity contribution in [1.82, 2.24) is 9.88 Å². The highest BCUT2D eigenvalue weighted by Crippen LogP contribution is 2.28. The number of primary amides is 1. The van der Waals surface area contributed by atoms with Gasteiger partial charge in [0.15, 0.2) is 0 Å². The molecule has 4 rings (SSSR count). The smallest absolute Gasteiger partial charge is 0.253 e. The molecule has 146 valence electrons. The molecule has 2 heterocycles. The van der Waals surface area contributed by atoms with E-state index in [1.165, 1.54) is 0 Å². The van der Waals surface area contributed by atoms with Gasteiger partial charge in [0.05, 0.1) is 5.69 Å². The number of nitrogens with two attached hydrogens (primary N) is 1. The number of likely N-dealkylation sites (tertiary alicyclic amines) is 1. The van der Waals surface area contributed by atoms with Crippen LogP contribution in [0.1, 0.15) is 45.2 Å². The summed E-state index contributed by atoms with van der Waals surface area (Å²) in [7, 11) is 0. The van der Waals surface area contributed by atoms with Gasteiger partial charge in [-0.25, -0.2) is 0 Å². The first kappa shape index (κ1) is 18.9. The summed E-state index contributed by atoms with van der Waals surface area (Å²) < 4.78 is 0. The fourth-order valence-corrected chi connectivity index (χ4v) is 3.84. The predicted octanol–water partition coefficient (Wildman–Crippen LogP) is 3.87. The molecule has 5 nitrogen and oxygen atoms in total. The van der Waals surface area contributed by atoms with E-state index in [0.29, 0.717) is 12.1 Å². The van der Waals surface area contributed by atoms with Crippen molar-refractivity contribution in [2.24, 2.45) is 5.73 Å². The molecular weight excluding hydrogens is 362 g/mol. The predicted molar refractivity (Wildman–Crippen MR) is 113 cm³/mol. The van der Waals surface area contributed by atoms with Gasteiger partial charge in [0, 0.05) is 41.4 Å². The first-order valence-corrected chi connectivity index (χ1v) is 9.83. The number of carbonyl (C=O) groups excluding carboxylic acids is 2. The van der Waals surface area contributed by atoms with E-state index in [1.54, 1.807) is 12.1 Å². The summed E-state index contributed by atoms with van der Waals surface area (Å²) in [4.78, 5) is 31.1. The van der Waals surface area contributed by atoms with Gasteiger partial charge in [0.2, 0.25) is 5.91 Å². The number of hydrogen-bond donors (Lipinski definition) is 1. The topological polar surface area (TPSA) is 76.3 Å². The molecule has 2 amide bonds. The average Bonchev–Trinajstić information content (AvgIpc) is 2.79. The third kappa shape index (κ3) is 4.19. The highest BCUT2D eigenvalue weighted by atomic mass is 16.2. The van der Waals surface area contributed by atoms with Crippen LogP contribution in [-0.2, 0) is 0 Å². The van der Waals surface area contributed by atoms with Crippen molar-refractivity contribution in [3.8, 4) is 11.3 Å². The highest BCUT2D eigenvalue weighted by molar-refractivity contribution is 5.94. The van der Waals surface area contributed by atoms with Crippen molar-refractivity contribution in [2.75, 3.05) is 13.1 Å². The van der Waals surface area contributed by atoms with Crippen LogP contribution in [0.3, 0.4) is 0 Å². The van der Waals surface area contributed by atoms with Gasteiger partial charge in [0.25, 0.3) is 5.91 Å². The van der Waals surface area contributed by atoms with E-state index in [2.05, 4.69) is 0 Å². The van der Waals surface area contributed by atoms with Crippen LogP contribution in [0.4, 0.5) is 0 Å². The van der Waals surface area contributed by atoms with Gasteiger partial charge in [0.1, 0.15) is 0 Å². The van der Waals surface area contributed by atoms with E-state index in [1.807, 2.05) is 65.6 Å². The molecule has 1 atom stereocenters. The summed E-state index contributed by atoms with van der Waals surface area (Å²) >= 11 is 0. The molecule has 1 fully saturated rings. The molecule has 1 saturated heterocycles. The van der Waals surface area contributed by atoms with E-state index in [9.17, 15) is 9.59 Å². The lowest BCUT2D eigenvalue weighted by molar-refractivity contribution is 0.0705. The van der Waals surface area contributed by atoms with Crippen LogP contribution in [0.2, 0.25) is 0 Å². The monoisotopic (exact) mass is 385 g/mol. The zero-order valence-electron chi connectivity index (χ0n) is 16.1. The molecule has 1 aliphatic rings. The lowest BCUT2D eigenvalue weighted by atomic mass is 9.93. The lowest BCUT2D eigenvalue weighted by Crippen LogP contribution is -2.39. The van der Waals surface area contributed by atoms with E-state index < -0.39 is 5.91 Å². The number of piperidine rings is 1. The Labute approximate surface area is 170 Å². The Bertz CT molecular complexity index is 1030. The van der Waals surface area contributed by atoms with Crippen LogP contribution in [0, 0.1) is 0 Å². The van der Waals surface area contributed by atoms with Crippen molar-refractivity contribution in [1.29, 1.82) is 0 Å². The van der Waals surface area contributed by atoms with Gasteiger partial charge in [-0.15, -0.1) is 0 Å². The van der Waals surface area contributed by atoms with Crippen LogP contribution >= 0.6 is 0 Å². The molecule has 0 bridgehead atoms. The number of nitrogens with zero attached hydrogens (tertiary/aromatic N) is 2. The number of carbonyl (C=O) groups is 2. The largest absolute Gasteiger partial charge is 0.366 e. The number of benzene rings is 2. The standard InChI is InChI=1S/C24H23N3O2/c25-23(28)19-10-4-9-18(15-19)21-12-5-13-22(26-21)20-11-6-14-27(16-20)24(29)17-7-2-1-3-8-17/h1-5,7-10,12-13,15,20H,6,11,14,16H2,(H2,25,28). The first-order valence-electron chi connectivity index (χ1n) is 9.83. The van der Waals surface area contributed by atoms with E-state index >= 15 is 0 Å². The first-order chi connectivity index (χ1) is 14.1. The van der Waals surface area contributed by atoms with E-state index in [4.69, 9.17) is 10.7 Å². The molecule has 0 radical (unpaired) electrons. The molecule has 2 aromatic carbocycles. The summed E-state index contributed by atoms with van der Waals surface area (Å²) in [6.45, 7) is 1.43. The molecule has 1 aromatic heterocycles. The third-order valence-corrected chi connectivity index (χ3v) is 5.36. The normalized spacial score (nSPS) is 16.4. The maximum atomic E-state index is 12.8. The Morgan fingerprint density at radius 2 is 1.69 bits per heavy atom. The quantitative estimate of drug-likeness (QED) is 0.741. The molecule has 1 aliphatic heterocycles. The maximum absolute atomic E-state index is 12.8. The summed E-state index contributed by atoms with van der Waals surface area (Å²) in [5.74, 6) is -0.193. The fourth-order valence-electron chi connectivity index (χ4n) is 3.84. The van der Waals surface area contributed by atoms with Crippen molar-refractivity contribution in [2.45, 2.75) is 18.8 Å². The second-order valence-electron chi connectivity index (χ2n) is 7.35. The highest BCUT2D eigenvalue weighted by Gasteiger charge is 2.26. The Hall–Kier alpha value is -3.47. The molecule has 3 aromatic rings. The van der Waals surface area contributed by atoms with Gasteiger partial charge in [-0.3, -0.25) is 14.6 Å². The molecule has 2 N–H and O–H groups in total. The number of hydrogen-bond acceptors (Lipinski definition) is 3. The Balaban J connectivity index is 1.56. The van der Waals surface area contributed by atoms with Gasteiger partial charge in [-0.1, -0.05) is 36.4 Å². The Kier molecular flexibility index (Phi) is 5.38. The van der Waals surface area contributed by atoms with Gasteiger partial charge in [-0.05, 0) is 49.2 Å². The lowest BCUT2D eigenvalue weighted by Gasteiger charge is -2.32. The van der Waals surface area contributed by atoms with Crippen LogP contribution < -0.4 is 5.73 Å². The fraction of sp³-hybridized carbons (Fsp3) is 0.208. The van der Waals surface area contributed by atoms with E-state index in [-0.39, 0.29) is 11.8 Å². The SMILES string of the molecule is NC(=O)c1cccc(-c2cccc(C3CCCN(C(=O)c4ccccc4)C3)n2)c1. The van der Waals surface area contributed by atoms with E-state index in [0.717, 1.165) is 41.9 Å². The van der Waals surface area contributed by atoms with Crippen molar-refractivity contribution >= 4 is 11.8 Å². The summed E-state index contributed by atoms with van der Waals surface area (Å²) in [5, 5.41) is 0. The zero-order chi connectivity index (χ0) is 20.2. The molecule has 0 saturated carbocycles. The van der Waals surface area contributed by atoms with Gasteiger partial charge < -0.3 is 10.6 Å². The van der Waals surface area contributed by atoms with Crippen molar-refractivity contribution in [3.05, 3.63) is 89.6 Å². The number of amides is 2. The molecule has 5 heteroatoms. The molecule has 0 spiro atoms. The minimum absolute atomic E-state index is 0.0700. The number of aromatic nitrogens is 1. The molecule has 0 aliphatic carbocycles. The zero-order valence-corrected chi connectivity index (χ0v) is 16.1. The van der Waals surface area contributed by atoms with Crippen LogP contribution in [0.25, 0.3) is 11.3 Å². The number of rotatable bonds is 4. The van der Waals surface area contributed by atoms with Crippen LogP contribution in [0.15, 0.2) is 72.8 Å². The molecular formula is C24H23N3O2. The number of pyridine rings is 1. The maximum Gasteiger partial charge on any atom is 0.253 e. The van der Waals surface area contributed by atoms with Crippen molar-refractivity contribution < 1.29 is 9.59 Å². The van der Waals surface area contributed by atoms with Gasteiger partial charge >= 0.3 is 0 Å². The summed E-state index contributed by atoms with van der Waals surface area (Å²) in [6, 6.07) is 22.5. The summed E-state index contributed by atoms with van der Waals surface area (Å²) in [6.07, 6.45) is 1.95. The van der Waals surface area contributed by atoms with Crippen LogP contribution in [0.5, 0.6) is 0 Å². The minimum atomic E-state index is -0.453. The minimum Gasteiger partial charge on any atom is -0.366 e. The average molecular weight is 385 g/mol. The third-order valence-electron chi connectivity index (χ3n) is 5.36.